The van der Waals surface area contributed by atoms with E-state index in [9.17, 15) is 14.0 Å². The predicted molar refractivity (Wildman–Crippen MR) is 151 cm³/mol. The zero-order valence-electron chi connectivity index (χ0n) is 24.5. The van der Waals surface area contributed by atoms with Crippen molar-refractivity contribution in [3.63, 3.8) is 0 Å². The van der Waals surface area contributed by atoms with E-state index in [-0.39, 0.29) is 36.0 Å². The van der Waals surface area contributed by atoms with E-state index in [0.717, 1.165) is 0 Å². The third kappa shape index (κ3) is 7.77. The van der Waals surface area contributed by atoms with E-state index >= 15 is 0 Å². The third-order valence-corrected chi connectivity index (χ3v) is 6.43. The van der Waals surface area contributed by atoms with Crippen LogP contribution < -0.4 is 10.5 Å². The first-order valence-corrected chi connectivity index (χ1v) is 13.7. The number of aromatic nitrogens is 3. The molecule has 1 atom stereocenters. The molecular weight excluding hydrogens is 531 g/mol. The average Bonchev–Trinajstić information content (AvgIpc) is 3.10. The van der Waals surface area contributed by atoms with Crippen LogP contribution in [0.2, 0.25) is 0 Å². The molecule has 1 fully saturated rings. The SMILES string of the molecule is CC(C)(C)OC(=O)N1CCCC(N(Cc2ccn3ncnc(Oc4ccc(N)cc4F)c23)C(=O)OC(C)(C)C)CC1. The lowest BCUT2D eigenvalue weighted by Crippen LogP contribution is -2.43. The van der Waals surface area contributed by atoms with Crippen LogP contribution in [0.1, 0.15) is 66.4 Å². The van der Waals surface area contributed by atoms with Gasteiger partial charge in [-0.2, -0.15) is 10.1 Å². The molecule has 0 aliphatic carbocycles. The zero-order chi connectivity index (χ0) is 29.9. The molecule has 2 amide bonds. The minimum absolute atomic E-state index is 0.0399. The summed E-state index contributed by atoms with van der Waals surface area (Å²) in [4.78, 5) is 33.9. The monoisotopic (exact) mass is 570 g/mol. The van der Waals surface area contributed by atoms with Crippen molar-refractivity contribution in [1.29, 1.82) is 0 Å². The number of nitrogens with two attached hydrogens (primary N) is 1. The number of benzene rings is 1. The summed E-state index contributed by atoms with van der Waals surface area (Å²) in [6.45, 7) is 12.1. The van der Waals surface area contributed by atoms with Gasteiger partial charge >= 0.3 is 12.2 Å². The van der Waals surface area contributed by atoms with Gasteiger partial charge in [0.25, 0.3) is 0 Å². The highest BCUT2D eigenvalue weighted by Crippen LogP contribution is 2.31. The van der Waals surface area contributed by atoms with E-state index in [0.29, 0.717) is 43.4 Å². The lowest BCUT2D eigenvalue weighted by Gasteiger charge is -2.33. The van der Waals surface area contributed by atoms with E-state index in [2.05, 4.69) is 10.1 Å². The van der Waals surface area contributed by atoms with Gasteiger partial charge in [0.2, 0.25) is 5.88 Å². The van der Waals surface area contributed by atoms with Crippen LogP contribution in [0.3, 0.4) is 0 Å². The highest BCUT2D eigenvalue weighted by Gasteiger charge is 2.33. The molecule has 11 nitrogen and oxygen atoms in total. The number of amides is 2. The summed E-state index contributed by atoms with van der Waals surface area (Å²) < 4.78 is 33.3. The van der Waals surface area contributed by atoms with Crippen molar-refractivity contribution in [2.24, 2.45) is 0 Å². The molecule has 4 rings (SSSR count). The quantitative estimate of drug-likeness (QED) is 0.384. The molecule has 1 saturated heterocycles. The molecule has 0 radical (unpaired) electrons. The molecule has 0 spiro atoms. The molecule has 1 aromatic carbocycles. The number of nitrogen functional groups attached to an aromatic ring is 1. The summed E-state index contributed by atoms with van der Waals surface area (Å²) in [7, 11) is 0. The fraction of sp³-hybridized carbons (Fsp3) is 0.517. The van der Waals surface area contributed by atoms with Crippen LogP contribution in [0.5, 0.6) is 11.6 Å². The van der Waals surface area contributed by atoms with Crippen molar-refractivity contribution in [3.05, 3.63) is 48.2 Å². The van der Waals surface area contributed by atoms with Gasteiger partial charge in [0.15, 0.2) is 11.6 Å². The normalized spacial score (nSPS) is 16.3. The van der Waals surface area contributed by atoms with E-state index in [1.807, 2.05) is 47.6 Å². The summed E-state index contributed by atoms with van der Waals surface area (Å²) in [5.74, 6) is -0.537. The van der Waals surface area contributed by atoms with Crippen molar-refractivity contribution in [2.75, 3.05) is 18.8 Å². The Morgan fingerprint density at radius 2 is 1.80 bits per heavy atom. The van der Waals surface area contributed by atoms with Crippen molar-refractivity contribution in [2.45, 2.75) is 84.6 Å². The van der Waals surface area contributed by atoms with Gasteiger partial charge in [-0.1, -0.05) is 0 Å². The Morgan fingerprint density at radius 1 is 1.07 bits per heavy atom. The first kappa shape index (κ1) is 29.9. The first-order chi connectivity index (χ1) is 19.2. The fourth-order valence-corrected chi connectivity index (χ4v) is 4.64. The number of fused-ring (bicyclic) bond motifs is 1. The van der Waals surface area contributed by atoms with Crippen LogP contribution >= 0.6 is 0 Å². The molecule has 41 heavy (non-hydrogen) atoms. The lowest BCUT2D eigenvalue weighted by molar-refractivity contribution is 0.0120. The van der Waals surface area contributed by atoms with Gasteiger partial charge in [-0.25, -0.2) is 18.5 Å². The van der Waals surface area contributed by atoms with Crippen LogP contribution in [0.15, 0.2) is 36.8 Å². The van der Waals surface area contributed by atoms with E-state index < -0.39 is 23.1 Å². The number of rotatable bonds is 5. The van der Waals surface area contributed by atoms with Gasteiger partial charge in [0, 0.05) is 42.6 Å². The smallest absolute Gasteiger partial charge is 0.410 e. The number of hydrogen-bond donors (Lipinski definition) is 1. The first-order valence-electron chi connectivity index (χ1n) is 13.7. The van der Waals surface area contributed by atoms with Crippen LogP contribution in [-0.4, -0.2) is 66.9 Å². The molecule has 1 unspecified atom stereocenters. The van der Waals surface area contributed by atoms with Crippen LogP contribution in [0.4, 0.5) is 19.7 Å². The summed E-state index contributed by atoms with van der Waals surface area (Å²) in [6.07, 6.45) is 4.09. The number of carbonyl (C=O) groups excluding carboxylic acids is 2. The van der Waals surface area contributed by atoms with Gasteiger partial charge in [-0.3, -0.25) is 0 Å². The summed E-state index contributed by atoms with van der Waals surface area (Å²) in [6, 6.07) is 5.74. The number of ether oxygens (including phenoxy) is 3. The molecule has 1 aliphatic heterocycles. The molecule has 2 N–H and O–H groups in total. The Hall–Kier alpha value is -4.09. The zero-order valence-corrected chi connectivity index (χ0v) is 24.5. The van der Waals surface area contributed by atoms with Crippen molar-refractivity contribution in [1.82, 2.24) is 24.4 Å². The number of carbonyl (C=O) groups is 2. The molecule has 0 saturated carbocycles. The number of halogens is 1. The van der Waals surface area contributed by atoms with Gasteiger partial charge in [-0.15, -0.1) is 0 Å². The second-order valence-corrected chi connectivity index (χ2v) is 12.2. The van der Waals surface area contributed by atoms with Crippen molar-refractivity contribution < 1.29 is 28.2 Å². The molecule has 3 heterocycles. The predicted octanol–water partition coefficient (Wildman–Crippen LogP) is 5.77. The fourth-order valence-electron chi connectivity index (χ4n) is 4.64. The maximum absolute atomic E-state index is 14.5. The summed E-state index contributed by atoms with van der Waals surface area (Å²) in [5, 5.41) is 4.26. The molecule has 1 aliphatic rings. The lowest BCUT2D eigenvalue weighted by atomic mass is 10.1. The number of likely N-dealkylation sites (tertiary alicyclic amines) is 1. The second-order valence-electron chi connectivity index (χ2n) is 12.2. The Bertz CT molecular complexity index is 1400. The van der Waals surface area contributed by atoms with E-state index in [1.54, 1.807) is 20.5 Å². The Kier molecular flexibility index (Phi) is 8.60. The van der Waals surface area contributed by atoms with Crippen molar-refractivity contribution in [3.8, 4) is 11.6 Å². The molecule has 0 bridgehead atoms. The number of hydrogen-bond acceptors (Lipinski definition) is 8. The summed E-state index contributed by atoms with van der Waals surface area (Å²) in [5.41, 5.74) is 5.81. The molecule has 222 valence electrons. The standard InChI is InChI=1S/C29H39FN6O5/c1-28(2,3)40-26(37)34-13-7-8-21(12-14-34)35(27(38)41-29(4,5)6)17-19-11-15-36-24(19)25(32-18-33-36)39-23-10-9-20(31)16-22(23)30/h9-11,15-16,18,21H,7-8,12-14,17,31H2,1-6H3. The van der Waals surface area contributed by atoms with Gasteiger partial charge in [0.1, 0.15) is 23.0 Å². The number of anilines is 1. The highest BCUT2D eigenvalue weighted by molar-refractivity contribution is 5.71. The minimum Gasteiger partial charge on any atom is -0.444 e. The maximum atomic E-state index is 14.5. The van der Waals surface area contributed by atoms with Crippen molar-refractivity contribution >= 4 is 23.4 Å². The van der Waals surface area contributed by atoms with Crippen LogP contribution in [0.25, 0.3) is 5.52 Å². The topological polar surface area (TPSA) is 125 Å². The Balaban J connectivity index is 1.62. The summed E-state index contributed by atoms with van der Waals surface area (Å²) >= 11 is 0. The van der Waals surface area contributed by atoms with E-state index in [4.69, 9.17) is 19.9 Å². The molecule has 2 aromatic heterocycles. The average molecular weight is 571 g/mol. The largest absolute Gasteiger partial charge is 0.444 e. The Labute approximate surface area is 239 Å². The van der Waals surface area contributed by atoms with Crippen LogP contribution in [0, 0.1) is 5.82 Å². The molecular formula is C29H39FN6O5. The second kappa shape index (κ2) is 11.8. The third-order valence-electron chi connectivity index (χ3n) is 6.43. The molecule has 3 aromatic rings. The Morgan fingerprint density at radius 3 is 2.49 bits per heavy atom. The van der Waals surface area contributed by atoms with E-state index in [1.165, 1.54) is 24.5 Å². The molecule has 12 heteroatoms. The van der Waals surface area contributed by atoms with Crippen LogP contribution in [-0.2, 0) is 16.0 Å². The highest BCUT2D eigenvalue weighted by atomic mass is 19.1. The minimum atomic E-state index is -0.713. The van der Waals surface area contributed by atoms with Gasteiger partial charge in [0.05, 0.1) is 6.54 Å². The van der Waals surface area contributed by atoms with Gasteiger partial charge < -0.3 is 29.7 Å². The maximum Gasteiger partial charge on any atom is 0.410 e. The van der Waals surface area contributed by atoms with Gasteiger partial charge in [-0.05, 0) is 79.0 Å². The number of nitrogens with zero attached hydrogens (tertiary/aromatic N) is 5.